The number of ether oxygens (including phenoxy) is 1. The summed E-state index contributed by atoms with van der Waals surface area (Å²) in [6, 6.07) is 9.47. The third kappa shape index (κ3) is 5.27. The molecular formula is C16H16BrNO3S. The summed E-state index contributed by atoms with van der Waals surface area (Å²) in [6.07, 6.45) is 0.926. The smallest absolute Gasteiger partial charge is 0.306 e. The Hall–Kier alpha value is -1.66. The van der Waals surface area contributed by atoms with E-state index >= 15 is 0 Å². The van der Waals surface area contributed by atoms with E-state index in [2.05, 4.69) is 21.2 Å². The Kier molecular flexibility index (Phi) is 6.15. The Morgan fingerprint density at radius 2 is 2.14 bits per heavy atom. The van der Waals surface area contributed by atoms with Crippen molar-refractivity contribution in [3.05, 3.63) is 50.6 Å². The van der Waals surface area contributed by atoms with E-state index in [1.54, 1.807) is 17.4 Å². The van der Waals surface area contributed by atoms with Gasteiger partial charge < -0.3 is 10.1 Å². The SMILES string of the molecule is Cc1cc(Br)ccc1NC(=O)COC(=O)CCc1cccs1. The summed E-state index contributed by atoms with van der Waals surface area (Å²) >= 11 is 4.97. The van der Waals surface area contributed by atoms with Crippen LogP contribution in [-0.4, -0.2) is 18.5 Å². The van der Waals surface area contributed by atoms with E-state index in [0.29, 0.717) is 12.1 Å². The molecule has 22 heavy (non-hydrogen) atoms. The third-order valence-electron chi connectivity index (χ3n) is 2.98. The number of halogens is 1. The van der Waals surface area contributed by atoms with Crippen LogP contribution in [0, 0.1) is 6.92 Å². The molecule has 0 aliphatic heterocycles. The highest BCUT2D eigenvalue weighted by Gasteiger charge is 2.09. The molecule has 4 nitrogen and oxygen atoms in total. The van der Waals surface area contributed by atoms with E-state index in [1.165, 1.54) is 0 Å². The van der Waals surface area contributed by atoms with Gasteiger partial charge in [-0.2, -0.15) is 0 Å². The monoisotopic (exact) mass is 381 g/mol. The van der Waals surface area contributed by atoms with E-state index < -0.39 is 0 Å². The standard InChI is InChI=1S/C16H16BrNO3S/c1-11-9-12(17)4-6-14(11)18-15(19)10-21-16(20)7-5-13-3-2-8-22-13/h2-4,6,8-9H,5,7,10H2,1H3,(H,18,19). The first kappa shape index (κ1) is 16.7. The predicted octanol–water partition coefficient (Wildman–Crippen LogP) is 3.93. The molecule has 0 bridgehead atoms. The van der Waals surface area contributed by atoms with Gasteiger partial charge in [-0.1, -0.05) is 22.0 Å². The van der Waals surface area contributed by atoms with Gasteiger partial charge in [0.1, 0.15) is 0 Å². The summed E-state index contributed by atoms with van der Waals surface area (Å²) in [7, 11) is 0. The molecule has 0 aliphatic carbocycles. The number of hydrogen-bond acceptors (Lipinski definition) is 4. The van der Waals surface area contributed by atoms with Crippen LogP contribution in [0.3, 0.4) is 0 Å². The molecule has 0 saturated carbocycles. The minimum Gasteiger partial charge on any atom is -0.456 e. The molecule has 2 aromatic rings. The largest absolute Gasteiger partial charge is 0.456 e. The highest BCUT2D eigenvalue weighted by molar-refractivity contribution is 9.10. The van der Waals surface area contributed by atoms with Crippen molar-refractivity contribution in [2.45, 2.75) is 19.8 Å². The summed E-state index contributed by atoms with van der Waals surface area (Å²) < 4.78 is 5.93. The number of carbonyl (C=O) groups is 2. The van der Waals surface area contributed by atoms with Crippen molar-refractivity contribution in [2.75, 3.05) is 11.9 Å². The number of aryl methyl sites for hydroxylation is 2. The molecule has 0 atom stereocenters. The average molecular weight is 382 g/mol. The number of esters is 1. The molecule has 6 heteroatoms. The van der Waals surface area contributed by atoms with Gasteiger partial charge in [-0.3, -0.25) is 9.59 Å². The first-order chi connectivity index (χ1) is 10.5. The summed E-state index contributed by atoms with van der Waals surface area (Å²) in [5.74, 6) is -0.703. The molecule has 1 amide bonds. The van der Waals surface area contributed by atoms with Crippen molar-refractivity contribution < 1.29 is 14.3 Å². The maximum atomic E-state index is 11.8. The molecule has 0 spiro atoms. The fourth-order valence-corrected chi connectivity index (χ4v) is 3.04. The maximum Gasteiger partial charge on any atom is 0.306 e. The Labute approximate surface area is 141 Å². The maximum absolute atomic E-state index is 11.8. The molecule has 1 heterocycles. The van der Waals surface area contributed by atoms with Crippen molar-refractivity contribution in [3.8, 4) is 0 Å². The van der Waals surface area contributed by atoms with Crippen molar-refractivity contribution in [3.63, 3.8) is 0 Å². The predicted molar refractivity (Wildman–Crippen MR) is 91.1 cm³/mol. The Morgan fingerprint density at radius 3 is 2.82 bits per heavy atom. The minimum atomic E-state index is -0.365. The van der Waals surface area contributed by atoms with Gasteiger partial charge in [-0.05, 0) is 48.6 Å². The fourth-order valence-electron chi connectivity index (χ4n) is 1.85. The van der Waals surface area contributed by atoms with E-state index in [-0.39, 0.29) is 24.9 Å². The number of carbonyl (C=O) groups excluding carboxylic acids is 2. The topological polar surface area (TPSA) is 55.4 Å². The fraction of sp³-hybridized carbons (Fsp3) is 0.250. The molecule has 1 aromatic carbocycles. The molecule has 0 aliphatic rings. The lowest BCUT2D eigenvalue weighted by Crippen LogP contribution is -2.21. The molecule has 1 N–H and O–H groups in total. The van der Waals surface area contributed by atoms with Crippen LogP contribution in [0.4, 0.5) is 5.69 Å². The Morgan fingerprint density at radius 1 is 1.32 bits per heavy atom. The lowest BCUT2D eigenvalue weighted by molar-refractivity contribution is -0.147. The number of benzene rings is 1. The van der Waals surface area contributed by atoms with Crippen LogP contribution in [0.5, 0.6) is 0 Å². The van der Waals surface area contributed by atoms with Gasteiger partial charge in [0.15, 0.2) is 6.61 Å². The Bertz CT molecular complexity index is 655. The van der Waals surface area contributed by atoms with Gasteiger partial charge >= 0.3 is 5.97 Å². The number of amides is 1. The molecule has 0 radical (unpaired) electrons. The van der Waals surface area contributed by atoms with Crippen molar-refractivity contribution >= 4 is 44.8 Å². The van der Waals surface area contributed by atoms with Crippen LogP contribution in [0.2, 0.25) is 0 Å². The number of hydrogen-bond donors (Lipinski definition) is 1. The molecular weight excluding hydrogens is 366 g/mol. The van der Waals surface area contributed by atoms with Gasteiger partial charge in [-0.25, -0.2) is 0 Å². The first-order valence-corrected chi connectivity index (χ1v) is 8.46. The number of nitrogens with one attached hydrogen (secondary N) is 1. The summed E-state index contributed by atoms with van der Waals surface area (Å²) in [5, 5.41) is 4.69. The lowest BCUT2D eigenvalue weighted by Gasteiger charge is -2.09. The molecule has 2 rings (SSSR count). The van der Waals surface area contributed by atoms with E-state index in [1.807, 2.05) is 36.6 Å². The lowest BCUT2D eigenvalue weighted by atomic mass is 10.2. The van der Waals surface area contributed by atoms with Gasteiger partial charge in [0.25, 0.3) is 5.91 Å². The highest BCUT2D eigenvalue weighted by Crippen LogP contribution is 2.19. The molecule has 0 fully saturated rings. The summed E-state index contributed by atoms with van der Waals surface area (Å²) in [4.78, 5) is 24.5. The number of rotatable bonds is 6. The minimum absolute atomic E-state index is 0.265. The second-order valence-corrected chi connectivity index (χ2v) is 6.70. The van der Waals surface area contributed by atoms with Crippen molar-refractivity contribution in [2.24, 2.45) is 0 Å². The van der Waals surface area contributed by atoms with Crippen LogP contribution in [-0.2, 0) is 20.7 Å². The van der Waals surface area contributed by atoms with Crippen molar-refractivity contribution in [1.29, 1.82) is 0 Å². The zero-order valence-electron chi connectivity index (χ0n) is 12.1. The van der Waals surface area contributed by atoms with Crippen LogP contribution >= 0.6 is 27.3 Å². The van der Waals surface area contributed by atoms with Crippen LogP contribution in [0.1, 0.15) is 16.9 Å². The van der Waals surface area contributed by atoms with Crippen molar-refractivity contribution in [1.82, 2.24) is 0 Å². The van der Waals surface area contributed by atoms with E-state index in [4.69, 9.17) is 4.74 Å². The molecule has 0 unspecified atom stereocenters. The average Bonchev–Trinajstić information content (AvgIpc) is 2.99. The number of thiophene rings is 1. The van der Waals surface area contributed by atoms with Gasteiger partial charge in [0.2, 0.25) is 0 Å². The van der Waals surface area contributed by atoms with E-state index in [0.717, 1.165) is 14.9 Å². The van der Waals surface area contributed by atoms with E-state index in [9.17, 15) is 9.59 Å². The first-order valence-electron chi connectivity index (χ1n) is 6.78. The van der Waals surface area contributed by atoms with Gasteiger partial charge in [-0.15, -0.1) is 11.3 Å². The van der Waals surface area contributed by atoms with Gasteiger partial charge in [0, 0.05) is 15.0 Å². The highest BCUT2D eigenvalue weighted by atomic mass is 79.9. The van der Waals surface area contributed by atoms with Crippen LogP contribution in [0.25, 0.3) is 0 Å². The zero-order chi connectivity index (χ0) is 15.9. The van der Waals surface area contributed by atoms with Gasteiger partial charge in [0.05, 0.1) is 6.42 Å². The Balaban J connectivity index is 1.74. The number of anilines is 1. The quantitative estimate of drug-likeness (QED) is 0.771. The molecule has 116 valence electrons. The second kappa shape index (κ2) is 8.10. The third-order valence-corrected chi connectivity index (χ3v) is 4.41. The molecule has 0 saturated heterocycles. The van der Waals surface area contributed by atoms with Crippen LogP contribution < -0.4 is 5.32 Å². The van der Waals surface area contributed by atoms with Crippen LogP contribution in [0.15, 0.2) is 40.2 Å². The second-order valence-electron chi connectivity index (χ2n) is 4.75. The summed E-state index contributed by atoms with van der Waals surface area (Å²) in [5.41, 5.74) is 1.65. The molecule has 1 aromatic heterocycles. The normalized spacial score (nSPS) is 10.3. The zero-order valence-corrected chi connectivity index (χ0v) is 14.5. The summed E-state index contributed by atoms with van der Waals surface area (Å²) in [6.45, 7) is 1.63.